The van der Waals surface area contributed by atoms with E-state index in [1.807, 2.05) is 76.2 Å². The number of ether oxygens (including phenoxy) is 2. The number of hydrogen-bond acceptors (Lipinski definition) is 12. The summed E-state index contributed by atoms with van der Waals surface area (Å²) in [4.78, 5) is 64.0. The zero-order chi connectivity index (χ0) is 47.3. The Morgan fingerprint density at radius 2 is 1.71 bits per heavy atom. The summed E-state index contributed by atoms with van der Waals surface area (Å²) in [6.45, 7) is 12.4. The first-order valence-corrected chi connectivity index (χ1v) is 23.5. The highest BCUT2D eigenvalue weighted by molar-refractivity contribution is 7.21. The van der Waals surface area contributed by atoms with E-state index in [2.05, 4.69) is 15.6 Å². The molecule has 16 heteroatoms. The van der Waals surface area contributed by atoms with E-state index in [-0.39, 0.29) is 60.2 Å². The van der Waals surface area contributed by atoms with Crippen molar-refractivity contribution < 1.29 is 43.3 Å². The van der Waals surface area contributed by atoms with Gasteiger partial charge in [0, 0.05) is 35.2 Å². The summed E-state index contributed by atoms with van der Waals surface area (Å²) in [7, 11) is 0. The lowest BCUT2D eigenvalue weighted by atomic mass is 9.85. The Kier molecular flexibility index (Phi) is 14.9. The molecule has 1 aliphatic heterocycles. The predicted octanol–water partition coefficient (Wildman–Crippen LogP) is 8.27. The van der Waals surface area contributed by atoms with E-state index >= 15 is 0 Å². The third-order valence-corrected chi connectivity index (χ3v) is 13.6. The Morgan fingerprint density at radius 1 is 0.985 bits per heavy atom. The van der Waals surface area contributed by atoms with Crippen molar-refractivity contribution in [3.05, 3.63) is 124 Å². The van der Waals surface area contributed by atoms with Crippen LogP contribution in [0.5, 0.6) is 23.0 Å². The molecule has 7 rings (SSSR count). The van der Waals surface area contributed by atoms with Crippen molar-refractivity contribution in [2.45, 2.75) is 72.2 Å². The molecule has 6 aromatic rings. The lowest BCUT2D eigenvalue weighted by molar-refractivity contribution is -0.144. The van der Waals surface area contributed by atoms with Gasteiger partial charge in [-0.05, 0) is 91.5 Å². The van der Waals surface area contributed by atoms with Crippen LogP contribution in [-0.2, 0) is 14.4 Å². The van der Waals surface area contributed by atoms with Gasteiger partial charge >= 0.3 is 0 Å². The van der Waals surface area contributed by atoms with E-state index in [1.165, 1.54) is 35.2 Å². The normalized spacial score (nSPS) is 16.0. The van der Waals surface area contributed by atoms with Crippen molar-refractivity contribution in [3.63, 3.8) is 0 Å². The lowest BCUT2D eigenvalue weighted by Gasteiger charge is -2.36. The highest BCUT2D eigenvalue weighted by Gasteiger charge is 2.45. The summed E-state index contributed by atoms with van der Waals surface area (Å²) < 4.78 is 26.9. The Balaban J connectivity index is 0.930. The fraction of sp³-hybridized carbons (Fsp3) is 0.340. The zero-order valence-corrected chi connectivity index (χ0v) is 39.3. The van der Waals surface area contributed by atoms with Crippen molar-refractivity contribution in [2.24, 2.45) is 5.41 Å². The number of carbonyl (C=O) groups is 4. The number of nitrogens with zero attached hydrogens (tertiary/aromatic N) is 3. The van der Waals surface area contributed by atoms with E-state index in [0.29, 0.717) is 40.4 Å². The number of ketones is 1. The van der Waals surface area contributed by atoms with Crippen LogP contribution in [0.1, 0.15) is 73.6 Å². The molecule has 3 unspecified atom stereocenters. The molecule has 2 aromatic heterocycles. The summed E-state index contributed by atoms with van der Waals surface area (Å²) in [5, 5.41) is 27.4. The van der Waals surface area contributed by atoms with Crippen LogP contribution in [0.4, 0.5) is 4.39 Å². The van der Waals surface area contributed by atoms with Crippen LogP contribution in [0, 0.1) is 18.2 Å². The quantitative estimate of drug-likeness (QED) is 0.0653. The average Bonchev–Trinajstić information content (AvgIpc) is 4.00. The molecule has 0 saturated carbocycles. The number of aromatic hydroxyl groups is 1. The van der Waals surface area contributed by atoms with Crippen LogP contribution < -0.4 is 20.1 Å². The maximum Gasteiger partial charge on any atom is 0.246 e. The summed E-state index contributed by atoms with van der Waals surface area (Å²) in [5.41, 5.74) is 4.14. The first-order valence-electron chi connectivity index (χ1n) is 21.8. The van der Waals surface area contributed by atoms with E-state index in [1.54, 1.807) is 47.7 Å². The molecule has 66 heavy (non-hydrogen) atoms. The number of aliphatic hydroxyl groups is 1. The molecular weight excluding hydrogens is 882 g/mol. The van der Waals surface area contributed by atoms with Crippen LogP contribution in [0.2, 0.25) is 0 Å². The Morgan fingerprint density at radius 3 is 2.38 bits per heavy atom. The van der Waals surface area contributed by atoms with E-state index in [9.17, 15) is 33.8 Å². The van der Waals surface area contributed by atoms with E-state index in [4.69, 9.17) is 9.47 Å². The Hall–Kier alpha value is -6.20. The van der Waals surface area contributed by atoms with Gasteiger partial charge in [-0.1, -0.05) is 64.1 Å². The molecule has 1 aliphatic rings. The highest BCUT2D eigenvalue weighted by Crippen LogP contribution is 2.43. The number of carbonyl (C=O) groups excluding carboxylic acids is 4. The van der Waals surface area contributed by atoms with Gasteiger partial charge in [0.15, 0.2) is 5.75 Å². The van der Waals surface area contributed by atoms with Gasteiger partial charge in [-0.3, -0.25) is 24.1 Å². The molecular formula is C50H54FN5O8S2. The lowest BCUT2D eigenvalue weighted by Crippen LogP contribution is -2.58. The molecule has 1 saturated heterocycles. The first-order chi connectivity index (χ1) is 31.5. The fourth-order valence-electron chi connectivity index (χ4n) is 7.86. The number of nitrogens with one attached hydrogen (secondary N) is 2. The number of likely N-dealkylation sites (tertiary alicyclic amines) is 1. The zero-order valence-electron chi connectivity index (χ0n) is 37.7. The molecule has 0 aliphatic carbocycles. The van der Waals surface area contributed by atoms with Crippen LogP contribution in [-0.4, -0.2) is 99.5 Å². The van der Waals surface area contributed by atoms with E-state index in [0.717, 1.165) is 33.0 Å². The largest absolute Gasteiger partial charge is 0.508 e. The van der Waals surface area contributed by atoms with Gasteiger partial charge in [0.1, 0.15) is 46.6 Å². The predicted molar refractivity (Wildman–Crippen MR) is 254 cm³/mol. The fourth-order valence-corrected chi connectivity index (χ4v) is 9.80. The second kappa shape index (κ2) is 20.5. The molecule has 0 radical (unpaired) electrons. The smallest absolute Gasteiger partial charge is 0.246 e. The van der Waals surface area contributed by atoms with Crippen LogP contribution in [0.25, 0.3) is 20.5 Å². The second-order valence-corrected chi connectivity index (χ2v) is 19.4. The number of aryl methyl sites for hydroxylation is 1. The van der Waals surface area contributed by atoms with Gasteiger partial charge in [-0.15, -0.1) is 22.7 Å². The number of thiophene rings is 1. The number of aromatic nitrogens is 1. The maximum atomic E-state index is 14.2. The Labute approximate surface area is 391 Å². The number of halogens is 1. The van der Waals surface area contributed by atoms with Crippen LogP contribution in [0.3, 0.4) is 0 Å². The number of fused-ring (bicyclic) bond motifs is 1. The van der Waals surface area contributed by atoms with Gasteiger partial charge in [0.2, 0.25) is 23.5 Å². The van der Waals surface area contributed by atoms with Gasteiger partial charge in [-0.25, -0.2) is 9.37 Å². The molecule has 4 atom stereocenters. The first kappa shape index (κ1) is 47.8. The topological polar surface area (TPSA) is 171 Å². The van der Waals surface area contributed by atoms with E-state index < -0.39 is 41.1 Å². The highest BCUT2D eigenvalue weighted by atomic mass is 32.1. The van der Waals surface area contributed by atoms with Crippen molar-refractivity contribution in [3.8, 4) is 33.4 Å². The number of likely N-dealkylation sites (N-methyl/N-ethyl adjacent to an activating group) is 1. The third-order valence-electron chi connectivity index (χ3n) is 11.5. The number of rotatable bonds is 17. The summed E-state index contributed by atoms with van der Waals surface area (Å²) >= 11 is 2.71. The number of hydrogen-bond donors (Lipinski definition) is 4. The van der Waals surface area contributed by atoms with Gasteiger partial charge in [0.05, 0.1) is 34.8 Å². The number of phenols is 1. The minimum atomic E-state index is -0.976. The molecule has 0 spiro atoms. The van der Waals surface area contributed by atoms with Crippen molar-refractivity contribution in [1.82, 2.24) is 25.4 Å². The average molecular weight is 936 g/mol. The van der Waals surface area contributed by atoms with Crippen LogP contribution in [0.15, 0.2) is 96.5 Å². The molecule has 4 N–H and O–H groups in total. The van der Waals surface area contributed by atoms with Crippen LogP contribution >= 0.6 is 22.7 Å². The molecule has 4 aromatic carbocycles. The Bertz CT molecular complexity index is 2700. The monoisotopic (exact) mass is 935 g/mol. The summed E-state index contributed by atoms with van der Waals surface area (Å²) in [5.74, 6) is -0.844. The minimum Gasteiger partial charge on any atom is -0.508 e. The van der Waals surface area contributed by atoms with Crippen molar-refractivity contribution >= 4 is 56.3 Å². The van der Waals surface area contributed by atoms with Gasteiger partial charge in [0.25, 0.3) is 0 Å². The number of amides is 3. The van der Waals surface area contributed by atoms with Gasteiger partial charge < -0.3 is 35.2 Å². The molecule has 3 heterocycles. The number of β-amino-alcohol motifs (C(OH)–C–C–N with tert-alkyl or cyclic N) is 1. The number of thiazole rings is 1. The van der Waals surface area contributed by atoms with Crippen molar-refractivity contribution in [2.75, 3.05) is 32.8 Å². The molecule has 346 valence electrons. The number of benzene rings is 4. The van der Waals surface area contributed by atoms with Crippen molar-refractivity contribution in [1.29, 1.82) is 0 Å². The molecule has 13 nitrogen and oxygen atoms in total. The van der Waals surface area contributed by atoms with Gasteiger partial charge in [-0.2, -0.15) is 0 Å². The summed E-state index contributed by atoms with van der Waals surface area (Å²) in [6, 6.07) is 22.6. The minimum absolute atomic E-state index is 0.0129. The summed E-state index contributed by atoms with van der Waals surface area (Å²) in [6.07, 6.45) is -0.817. The second-order valence-electron chi connectivity index (χ2n) is 17.5. The number of aliphatic hydroxyl groups excluding tert-OH is 1. The maximum absolute atomic E-state index is 14.2. The third kappa shape index (κ3) is 11.2. The molecule has 0 bridgehead atoms. The molecule has 1 fully saturated rings. The standard InChI is InChI=1S/C50H54FN5O8S2/c1-7-55(21-22-63-37-16-18-38(19-17-37)64-44-39-20-15-35(57)25-41(39)66-46(44)43(60)33-9-8-10-34(51)23-33)27-42(59)54-47(50(4,5)6)49(62)56-26-36(58)24-40(56)48(61)53-29(2)31-11-13-32(14-12-31)45-30(3)52-28-65-45/h8-20,23,25,28-29,36,40,47,57-58H,7,21-22,24,26-27H2,1-6H3,(H,53,61)(H,54,59)/t29-,36?,40?,47?/m0/s1. The molecule has 3 amide bonds. The SMILES string of the molecule is CCN(CCOc1ccc(Oc2c(C(=O)c3cccc(F)c3)sc3cc(O)ccc23)cc1)CC(=O)NC(C(=O)N1CC(O)CC1C(=O)N[C@@H](C)c1ccc(-c2scnc2C)cc1)C(C)(C)C. The number of phenolic OH excluding ortho intramolecular Hbond substituents is 1.